The van der Waals surface area contributed by atoms with Gasteiger partial charge in [0, 0.05) is 55.8 Å². The highest BCUT2D eigenvalue weighted by atomic mass is 32.1. The molecule has 6 nitrogen and oxygen atoms in total. The largest absolute Gasteiger partial charge is 0.369 e. The predicted molar refractivity (Wildman–Crippen MR) is 116 cm³/mol. The molecule has 1 aromatic heterocycles. The molecule has 2 aromatic rings. The smallest absolute Gasteiger partial charge is 0.315 e. The molecule has 1 aliphatic heterocycles. The maximum Gasteiger partial charge on any atom is 0.315 e. The number of anilines is 1. The lowest BCUT2D eigenvalue weighted by molar-refractivity contribution is 0.231. The number of nitrogens with one attached hydrogen (secondary N) is 2. The van der Waals surface area contributed by atoms with Gasteiger partial charge in [-0.25, -0.2) is 14.2 Å². The number of hydrogen-bond donors (Lipinski definition) is 2. The molecular formula is C21H30FN5OS. The number of thiazole rings is 1. The predicted octanol–water partition coefficient (Wildman–Crippen LogP) is 3.20. The van der Waals surface area contributed by atoms with Crippen molar-refractivity contribution in [1.82, 2.24) is 20.5 Å². The van der Waals surface area contributed by atoms with Gasteiger partial charge < -0.3 is 15.5 Å². The van der Waals surface area contributed by atoms with E-state index in [1.165, 1.54) is 12.1 Å². The summed E-state index contributed by atoms with van der Waals surface area (Å²) in [6.07, 6.45) is 0. The molecule has 0 bridgehead atoms. The number of hydrogen-bond acceptors (Lipinski definition) is 5. The topological polar surface area (TPSA) is 60.5 Å². The zero-order chi connectivity index (χ0) is 20.9. The maximum absolute atomic E-state index is 13.1. The van der Waals surface area contributed by atoms with Crippen LogP contribution < -0.4 is 15.5 Å². The van der Waals surface area contributed by atoms with Gasteiger partial charge in [0.05, 0.1) is 17.2 Å². The van der Waals surface area contributed by atoms with Gasteiger partial charge in [-0.2, -0.15) is 0 Å². The number of carbonyl (C=O) groups excluding carboxylic acids is 1. The average molecular weight is 420 g/mol. The van der Waals surface area contributed by atoms with Gasteiger partial charge >= 0.3 is 6.03 Å². The molecule has 1 aliphatic rings. The van der Waals surface area contributed by atoms with Gasteiger partial charge in [-0.05, 0) is 24.3 Å². The van der Waals surface area contributed by atoms with Crippen LogP contribution in [0.5, 0.6) is 0 Å². The van der Waals surface area contributed by atoms with E-state index in [2.05, 4.69) is 46.2 Å². The molecule has 0 saturated carbocycles. The van der Waals surface area contributed by atoms with E-state index in [1.807, 2.05) is 17.5 Å². The molecule has 2 heterocycles. The Bertz CT molecular complexity index is 794. The van der Waals surface area contributed by atoms with Crippen molar-refractivity contribution in [2.75, 3.05) is 44.2 Å². The Hall–Kier alpha value is -2.19. The van der Waals surface area contributed by atoms with Crippen LogP contribution in [0.15, 0.2) is 29.6 Å². The van der Waals surface area contributed by atoms with Crippen LogP contribution in [0, 0.1) is 5.82 Å². The molecule has 1 aromatic carbocycles. The number of rotatable bonds is 6. The molecule has 1 fully saturated rings. The lowest BCUT2D eigenvalue weighted by atomic mass is 9.98. The highest BCUT2D eigenvalue weighted by Crippen LogP contribution is 2.25. The van der Waals surface area contributed by atoms with E-state index in [-0.39, 0.29) is 17.3 Å². The summed E-state index contributed by atoms with van der Waals surface area (Å²) in [5.41, 5.74) is 1.98. The van der Waals surface area contributed by atoms with E-state index in [0.717, 1.165) is 49.1 Å². The molecule has 0 aliphatic carbocycles. The minimum absolute atomic E-state index is 0.0336. The van der Waals surface area contributed by atoms with Crippen LogP contribution in [0.1, 0.15) is 31.5 Å². The highest BCUT2D eigenvalue weighted by molar-refractivity contribution is 7.09. The Morgan fingerprint density at radius 3 is 2.45 bits per heavy atom. The highest BCUT2D eigenvalue weighted by Gasteiger charge is 2.19. The molecule has 0 atom stereocenters. The first-order chi connectivity index (χ1) is 13.8. The fourth-order valence-corrected chi connectivity index (χ4v) is 4.08. The van der Waals surface area contributed by atoms with E-state index in [0.29, 0.717) is 13.1 Å². The number of piperazine rings is 1. The molecule has 3 rings (SSSR count). The molecule has 2 N–H and O–H groups in total. The van der Waals surface area contributed by atoms with Crippen LogP contribution in [0.4, 0.5) is 14.9 Å². The summed E-state index contributed by atoms with van der Waals surface area (Å²) in [6, 6.07) is 6.48. The summed E-state index contributed by atoms with van der Waals surface area (Å²) < 4.78 is 13.1. The first-order valence-corrected chi connectivity index (χ1v) is 10.9. The standard InChI is InChI=1S/C21H30FN5OS/c1-21(2,3)19-25-17(15-29-19)14-24-20(28)23-8-9-26-10-12-27(13-11-26)18-6-4-16(22)5-7-18/h4-7,15H,8-14H2,1-3H3,(H2,23,24,28). The molecule has 2 amide bonds. The van der Waals surface area contributed by atoms with Gasteiger partial charge in [0.2, 0.25) is 0 Å². The van der Waals surface area contributed by atoms with Crippen molar-refractivity contribution < 1.29 is 9.18 Å². The number of aromatic nitrogens is 1. The Morgan fingerprint density at radius 2 is 1.83 bits per heavy atom. The van der Waals surface area contributed by atoms with Crippen molar-refractivity contribution in [3.05, 3.63) is 46.2 Å². The van der Waals surface area contributed by atoms with Crippen LogP contribution >= 0.6 is 11.3 Å². The zero-order valence-corrected chi connectivity index (χ0v) is 18.2. The molecule has 0 radical (unpaired) electrons. The van der Waals surface area contributed by atoms with Crippen LogP contribution in [-0.2, 0) is 12.0 Å². The molecule has 0 spiro atoms. The Labute approximate surface area is 176 Å². The molecule has 1 saturated heterocycles. The van der Waals surface area contributed by atoms with Crippen molar-refractivity contribution in [2.24, 2.45) is 0 Å². The van der Waals surface area contributed by atoms with Crippen molar-refractivity contribution in [1.29, 1.82) is 0 Å². The second-order valence-electron chi connectivity index (χ2n) is 8.31. The third kappa shape index (κ3) is 6.40. The van der Waals surface area contributed by atoms with Crippen molar-refractivity contribution in [2.45, 2.75) is 32.7 Å². The number of amides is 2. The van der Waals surface area contributed by atoms with Crippen molar-refractivity contribution in [3.8, 4) is 0 Å². The van der Waals surface area contributed by atoms with Crippen LogP contribution in [0.2, 0.25) is 0 Å². The Balaban J connectivity index is 1.32. The zero-order valence-electron chi connectivity index (χ0n) is 17.4. The van der Waals surface area contributed by atoms with E-state index in [9.17, 15) is 9.18 Å². The summed E-state index contributed by atoms with van der Waals surface area (Å²) in [4.78, 5) is 21.2. The quantitative estimate of drug-likeness (QED) is 0.755. The normalized spacial score (nSPS) is 15.4. The first kappa shape index (κ1) is 21.5. The fourth-order valence-electron chi connectivity index (χ4n) is 3.18. The van der Waals surface area contributed by atoms with Gasteiger partial charge in [-0.3, -0.25) is 4.90 Å². The summed E-state index contributed by atoms with van der Waals surface area (Å²) in [6.45, 7) is 11.9. The number of nitrogens with zero attached hydrogens (tertiary/aromatic N) is 3. The lowest BCUT2D eigenvalue weighted by Crippen LogP contribution is -2.49. The van der Waals surface area contributed by atoms with E-state index in [1.54, 1.807) is 11.3 Å². The SMILES string of the molecule is CC(C)(C)c1nc(CNC(=O)NCCN2CCN(c3ccc(F)cc3)CC2)cs1. The fraction of sp³-hybridized carbons (Fsp3) is 0.524. The van der Waals surface area contributed by atoms with E-state index in [4.69, 9.17) is 0 Å². The molecular weight excluding hydrogens is 389 g/mol. The van der Waals surface area contributed by atoms with Crippen LogP contribution in [0.3, 0.4) is 0 Å². The van der Waals surface area contributed by atoms with Crippen molar-refractivity contribution >= 4 is 23.1 Å². The second-order valence-corrected chi connectivity index (χ2v) is 9.17. The molecule has 8 heteroatoms. The third-order valence-electron chi connectivity index (χ3n) is 4.90. The number of benzene rings is 1. The van der Waals surface area contributed by atoms with Crippen LogP contribution in [-0.4, -0.2) is 55.2 Å². The number of carbonyl (C=O) groups is 1. The number of halogens is 1. The van der Waals surface area contributed by atoms with Crippen molar-refractivity contribution in [3.63, 3.8) is 0 Å². The van der Waals surface area contributed by atoms with Gasteiger partial charge in [0.25, 0.3) is 0 Å². The first-order valence-electron chi connectivity index (χ1n) is 10.0. The summed E-state index contributed by atoms with van der Waals surface area (Å²) in [5, 5.41) is 8.87. The van der Waals surface area contributed by atoms with E-state index < -0.39 is 0 Å². The summed E-state index contributed by atoms with van der Waals surface area (Å²) in [5.74, 6) is -0.207. The van der Waals surface area contributed by atoms with Gasteiger partial charge in [-0.1, -0.05) is 20.8 Å². The minimum atomic E-state index is -0.207. The van der Waals surface area contributed by atoms with Crippen LogP contribution in [0.25, 0.3) is 0 Å². The average Bonchev–Trinajstić information content (AvgIpc) is 3.17. The molecule has 29 heavy (non-hydrogen) atoms. The lowest BCUT2D eigenvalue weighted by Gasteiger charge is -2.36. The van der Waals surface area contributed by atoms with E-state index >= 15 is 0 Å². The third-order valence-corrected chi connectivity index (χ3v) is 6.22. The Morgan fingerprint density at radius 1 is 1.14 bits per heavy atom. The van der Waals surface area contributed by atoms with Gasteiger partial charge in [0.15, 0.2) is 0 Å². The minimum Gasteiger partial charge on any atom is -0.369 e. The summed E-state index contributed by atoms with van der Waals surface area (Å²) >= 11 is 1.63. The summed E-state index contributed by atoms with van der Waals surface area (Å²) in [7, 11) is 0. The monoisotopic (exact) mass is 419 g/mol. The van der Waals surface area contributed by atoms with Gasteiger partial charge in [0.1, 0.15) is 5.82 Å². The Kier molecular flexibility index (Phi) is 7.08. The maximum atomic E-state index is 13.1. The molecule has 158 valence electrons. The molecule has 0 unspecified atom stereocenters. The second kappa shape index (κ2) is 9.54. The van der Waals surface area contributed by atoms with Gasteiger partial charge in [-0.15, -0.1) is 11.3 Å². The number of urea groups is 1.